The van der Waals surface area contributed by atoms with Crippen LogP contribution in [0, 0.1) is 17.8 Å². The monoisotopic (exact) mass is 278 g/mol. The minimum absolute atomic E-state index is 0.371. The van der Waals surface area contributed by atoms with Gasteiger partial charge in [-0.1, -0.05) is 20.8 Å². The third-order valence-electron chi connectivity index (χ3n) is 4.92. The van der Waals surface area contributed by atoms with Crippen molar-refractivity contribution in [2.45, 2.75) is 52.6 Å². The molecule has 3 nitrogen and oxygen atoms in total. The summed E-state index contributed by atoms with van der Waals surface area (Å²) in [6.45, 7) is 9.96. The molecule has 0 aliphatic heterocycles. The Bertz CT molecular complexity index is 374. The van der Waals surface area contributed by atoms with Crippen molar-refractivity contribution in [1.29, 1.82) is 0 Å². The van der Waals surface area contributed by atoms with Gasteiger partial charge < -0.3 is 10.2 Å². The zero-order valence-electron chi connectivity index (χ0n) is 13.2. The highest BCUT2D eigenvalue weighted by molar-refractivity contribution is 4.98. The quantitative estimate of drug-likeness (QED) is 0.866. The Morgan fingerprint density at radius 1 is 1.40 bits per heavy atom. The maximum atomic E-state index is 6.37. The molecule has 3 heteroatoms. The van der Waals surface area contributed by atoms with E-state index in [-0.39, 0.29) is 0 Å². The molecule has 0 radical (unpaired) electrons. The van der Waals surface area contributed by atoms with Gasteiger partial charge in [-0.3, -0.25) is 4.90 Å². The normalized spacial score (nSPS) is 27.4. The Morgan fingerprint density at radius 3 is 2.80 bits per heavy atom. The third kappa shape index (κ3) is 4.10. The lowest BCUT2D eigenvalue weighted by Crippen LogP contribution is -2.43. The highest BCUT2D eigenvalue weighted by atomic mass is 16.3. The van der Waals surface area contributed by atoms with Gasteiger partial charge in [-0.2, -0.15) is 0 Å². The minimum atomic E-state index is 0.371. The van der Waals surface area contributed by atoms with Crippen LogP contribution in [-0.2, 0) is 6.54 Å². The molecule has 1 heterocycles. The Hall–Kier alpha value is -0.800. The standard InChI is InChI=1S/C17H30N2O/c1-4-19(12-16-6-5-9-20-16)11-15-10-14(13(2)3)7-8-17(15)18/h5-6,9,13-15,17H,4,7-8,10-12,18H2,1-3H3. The summed E-state index contributed by atoms with van der Waals surface area (Å²) in [7, 11) is 0. The highest BCUT2D eigenvalue weighted by Crippen LogP contribution is 2.33. The molecular weight excluding hydrogens is 248 g/mol. The van der Waals surface area contributed by atoms with Crippen LogP contribution < -0.4 is 5.73 Å². The van der Waals surface area contributed by atoms with Gasteiger partial charge in [-0.15, -0.1) is 0 Å². The van der Waals surface area contributed by atoms with Crippen LogP contribution in [-0.4, -0.2) is 24.0 Å². The maximum absolute atomic E-state index is 6.37. The van der Waals surface area contributed by atoms with Gasteiger partial charge in [0.2, 0.25) is 0 Å². The summed E-state index contributed by atoms with van der Waals surface area (Å²) in [6, 6.07) is 4.39. The number of nitrogens with zero attached hydrogens (tertiary/aromatic N) is 1. The molecule has 1 fully saturated rings. The molecule has 2 N–H and O–H groups in total. The van der Waals surface area contributed by atoms with E-state index < -0.39 is 0 Å². The number of hydrogen-bond donors (Lipinski definition) is 1. The molecular formula is C17H30N2O. The van der Waals surface area contributed by atoms with Crippen LogP contribution in [0.1, 0.15) is 45.8 Å². The van der Waals surface area contributed by atoms with Crippen LogP contribution in [0.5, 0.6) is 0 Å². The molecule has 3 unspecified atom stereocenters. The van der Waals surface area contributed by atoms with Gasteiger partial charge in [-0.05, 0) is 55.7 Å². The largest absolute Gasteiger partial charge is 0.468 e. The highest BCUT2D eigenvalue weighted by Gasteiger charge is 2.30. The average Bonchev–Trinajstić information content (AvgIpc) is 2.92. The second-order valence-corrected chi connectivity index (χ2v) is 6.65. The van der Waals surface area contributed by atoms with Crippen molar-refractivity contribution in [2.75, 3.05) is 13.1 Å². The van der Waals surface area contributed by atoms with Crippen molar-refractivity contribution in [3.63, 3.8) is 0 Å². The first-order chi connectivity index (χ1) is 9.60. The summed E-state index contributed by atoms with van der Waals surface area (Å²) in [6.07, 6.45) is 5.53. The Kier molecular flexibility index (Phi) is 5.67. The van der Waals surface area contributed by atoms with E-state index in [1.807, 2.05) is 6.07 Å². The van der Waals surface area contributed by atoms with Crippen LogP contribution in [0.3, 0.4) is 0 Å². The molecule has 0 aromatic carbocycles. The van der Waals surface area contributed by atoms with E-state index in [4.69, 9.17) is 10.2 Å². The third-order valence-corrected chi connectivity index (χ3v) is 4.92. The fourth-order valence-corrected chi connectivity index (χ4v) is 3.40. The van der Waals surface area contributed by atoms with Crippen molar-refractivity contribution in [3.05, 3.63) is 24.2 Å². The summed E-state index contributed by atoms with van der Waals surface area (Å²) in [5.74, 6) is 3.31. The van der Waals surface area contributed by atoms with Gasteiger partial charge >= 0.3 is 0 Å². The summed E-state index contributed by atoms with van der Waals surface area (Å²) in [4.78, 5) is 2.46. The van der Waals surface area contributed by atoms with E-state index in [2.05, 4.69) is 31.7 Å². The molecule has 2 rings (SSSR count). The van der Waals surface area contributed by atoms with Gasteiger partial charge in [-0.25, -0.2) is 0 Å². The van der Waals surface area contributed by atoms with Crippen molar-refractivity contribution in [2.24, 2.45) is 23.5 Å². The number of furan rings is 1. The van der Waals surface area contributed by atoms with Gasteiger partial charge in [0.1, 0.15) is 5.76 Å². The van der Waals surface area contributed by atoms with Crippen LogP contribution in [0.15, 0.2) is 22.8 Å². The predicted molar refractivity (Wildman–Crippen MR) is 83.3 cm³/mol. The Balaban J connectivity index is 1.91. The molecule has 3 atom stereocenters. The van der Waals surface area contributed by atoms with Crippen LogP contribution >= 0.6 is 0 Å². The maximum Gasteiger partial charge on any atom is 0.117 e. The summed E-state index contributed by atoms with van der Waals surface area (Å²) in [5.41, 5.74) is 6.37. The lowest BCUT2D eigenvalue weighted by molar-refractivity contribution is 0.131. The van der Waals surface area contributed by atoms with Gasteiger partial charge in [0.15, 0.2) is 0 Å². The fraction of sp³-hybridized carbons (Fsp3) is 0.765. The van der Waals surface area contributed by atoms with E-state index in [0.717, 1.165) is 37.2 Å². The van der Waals surface area contributed by atoms with E-state index in [1.54, 1.807) is 6.26 Å². The molecule has 0 bridgehead atoms. The lowest BCUT2D eigenvalue weighted by Gasteiger charge is -2.38. The summed E-state index contributed by atoms with van der Waals surface area (Å²) in [5, 5.41) is 0. The molecule has 1 aromatic rings. The smallest absolute Gasteiger partial charge is 0.117 e. The SMILES string of the molecule is CCN(Cc1ccco1)CC1CC(C(C)C)CCC1N. The Morgan fingerprint density at radius 2 is 2.20 bits per heavy atom. The van der Waals surface area contributed by atoms with Crippen LogP contribution in [0.2, 0.25) is 0 Å². The van der Waals surface area contributed by atoms with Crippen LogP contribution in [0.25, 0.3) is 0 Å². The molecule has 0 saturated heterocycles. The average molecular weight is 278 g/mol. The number of nitrogens with two attached hydrogens (primary N) is 1. The molecule has 1 aliphatic carbocycles. The first kappa shape index (κ1) is 15.6. The van der Waals surface area contributed by atoms with Crippen molar-refractivity contribution in [1.82, 2.24) is 4.90 Å². The molecule has 1 aliphatic rings. The van der Waals surface area contributed by atoms with Crippen molar-refractivity contribution >= 4 is 0 Å². The minimum Gasteiger partial charge on any atom is -0.468 e. The molecule has 20 heavy (non-hydrogen) atoms. The summed E-state index contributed by atoms with van der Waals surface area (Å²) >= 11 is 0. The summed E-state index contributed by atoms with van der Waals surface area (Å²) < 4.78 is 5.47. The van der Waals surface area contributed by atoms with Crippen molar-refractivity contribution in [3.8, 4) is 0 Å². The topological polar surface area (TPSA) is 42.4 Å². The zero-order valence-corrected chi connectivity index (χ0v) is 13.2. The number of rotatable bonds is 6. The second kappa shape index (κ2) is 7.28. The zero-order chi connectivity index (χ0) is 14.5. The molecule has 114 valence electrons. The van der Waals surface area contributed by atoms with Gasteiger partial charge in [0.25, 0.3) is 0 Å². The molecule has 1 saturated carbocycles. The Labute approximate surface area is 123 Å². The first-order valence-electron chi connectivity index (χ1n) is 8.10. The molecule has 0 spiro atoms. The van der Waals surface area contributed by atoms with Crippen LogP contribution in [0.4, 0.5) is 0 Å². The van der Waals surface area contributed by atoms with E-state index in [9.17, 15) is 0 Å². The number of hydrogen-bond acceptors (Lipinski definition) is 3. The van der Waals surface area contributed by atoms with E-state index in [1.165, 1.54) is 19.3 Å². The van der Waals surface area contributed by atoms with E-state index >= 15 is 0 Å². The van der Waals surface area contributed by atoms with E-state index in [0.29, 0.717) is 12.0 Å². The fourth-order valence-electron chi connectivity index (χ4n) is 3.40. The second-order valence-electron chi connectivity index (χ2n) is 6.65. The molecule has 1 aromatic heterocycles. The van der Waals surface area contributed by atoms with Gasteiger partial charge in [0, 0.05) is 12.6 Å². The first-order valence-corrected chi connectivity index (χ1v) is 8.10. The predicted octanol–water partition coefficient (Wildman–Crippen LogP) is 3.50. The van der Waals surface area contributed by atoms with Crippen molar-refractivity contribution < 1.29 is 4.42 Å². The van der Waals surface area contributed by atoms with Gasteiger partial charge in [0.05, 0.1) is 12.8 Å². The lowest BCUT2D eigenvalue weighted by atomic mass is 9.73. The molecule has 0 amide bonds.